The molecule has 0 radical (unpaired) electrons. The van der Waals surface area contributed by atoms with Crippen molar-refractivity contribution in [3.63, 3.8) is 0 Å². The van der Waals surface area contributed by atoms with Crippen LogP contribution >= 0.6 is 11.6 Å². The Labute approximate surface area is 134 Å². The number of rotatable bonds is 2. The molecule has 1 aromatic heterocycles. The fraction of sp³-hybridized carbons (Fsp3) is 0.111. The van der Waals surface area contributed by atoms with Crippen molar-refractivity contribution in [1.29, 1.82) is 0 Å². The smallest absolute Gasteiger partial charge is 0.231 e. The molecule has 0 N–H and O–H groups in total. The van der Waals surface area contributed by atoms with Crippen molar-refractivity contribution in [1.82, 2.24) is 4.98 Å². The van der Waals surface area contributed by atoms with Crippen LogP contribution in [0.5, 0.6) is 0 Å². The molecular weight excluding hydrogens is 294 g/mol. The second kappa shape index (κ2) is 5.67. The monoisotopic (exact) mass is 307 g/mol. The Kier molecular flexibility index (Phi) is 3.70. The molecule has 0 saturated heterocycles. The van der Waals surface area contributed by atoms with Crippen LogP contribution < -0.4 is 4.90 Å². The van der Waals surface area contributed by atoms with Crippen LogP contribution in [-0.2, 0) is 0 Å². The third-order valence-electron chi connectivity index (χ3n) is 3.64. The Bertz CT molecular complexity index is 894. The van der Waals surface area contributed by atoms with Gasteiger partial charge in [0.1, 0.15) is 5.15 Å². The highest BCUT2D eigenvalue weighted by atomic mass is 35.5. The first-order valence-electron chi connectivity index (χ1n) is 6.83. The Morgan fingerprint density at radius 3 is 2.50 bits per heavy atom. The number of hydrogen-bond acceptors (Lipinski definition) is 2. The molecule has 0 bridgehead atoms. The molecule has 22 heavy (non-hydrogen) atoms. The van der Waals surface area contributed by atoms with Gasteiger partial charge in [-0.3, -0.25) is 4.98 Å². The third kappa shape index (κ3) is 2.49. The van der Waals surface area contributed by atoms with E-state index in [1.807, 2.05) is 26.2 Å². The van der Waals surface area contributed by atoms with Gasteiger partial charge in [0.15, 0.2) is 0 Å². The summed E-state index contributed by atoms with van der Waals surface area (Å²) in [6.45, 7) is 7.31. The van der Waals surface area contributed by atoms with Gasteiger partial charge in [-0.05, 0) is 46.2 Å². The average molecular weight is 308 g/mol. The van der Waals surface area contributed by atoms with Gasteiger partial charge in [-0.15, -0.1) is 0 Å². The predicted molar refractivity (Wildman–Crippen MR) is 92.8 cm³/mol. The molecular formula is C18H14ClN3. The zero-order valence-electron chi connectivity index (χ0n) is 12.3. The number of fused-ring (bicyclic) bond motifs is 1. The van der Waals surface area contributed by atoms with Crippen LogP contribution in [0.4, 0.5) is 11.4 Å². The van der Waals surface area contributed by atoms with E-state index in [2.05, 4.69) is 45.1 Å². The number of benzene rings is 2. The molecule has 0 aliphatic heterocycles. The molecule has 3 nitrogen and oxygen atoms in total. The standard InChI is InChI=1S/C18H14ClN3/c1-20-17-16(8-9-21-18(17)19)14-5-4-13-11-15(22(2)3)7-6-12(13)10-14/h4-11H,2-3H3. The zero-order chi connectivity index (χ0) is 15.7. The van der Waals surface area contributed by atoms with Gasteiger partial charge >= 0.3 is 0 Å². The van der Waals surface area contributed by atoms with E-state index in [9.17, 15) is 0 Å². The van der Waals surface area contributed by atoms with E-state index in [0.29, 0.717) is 5.69 Å². The van der Waals surface area contributed by atoms with Crippen LogP contribution in [0.1, 0.15) is 0 Å². The maximum absolute atomic E-state index is 7.31. The van der Waals surface area contributed by atoms with Crippen molar-refractivity contribution >= 4 is 33.7 Å². The summed E-state index contributed by atoms with van der Waals surface area (Å²) in [5.74, 6) is 0. The van der Waals surface area contributed by atoms with Gasteiger partial charge in [-0.25, -0.2) is 4.85 Å². The van der Waals surface area contributed by atoms with Crippen molar-refractivity contribution in [3.8, 4) is 11.1 Å². The maximum Gasteiger partial charge on any atom is 0.231 e. The Morgan fingerprint density at radius 2 is 1.77 bits per heavy atom. The minimum Gasteiger partial charge on any atom is -0.378 e. The molecule has 4 heteroatoms. The van der Waals surface area contributed by atoms with Crippen molar-refractivity contribution < 1.29 is 0 Å². The second-order valence-electron chi connectivity index (χ2n) is 5.25. The van der Waals surface area contributed by atoms with Gasteiger partial charge in [0.2, 0.25) is 5.69 Å². The van der Waals surface area contributed by atoms with Gasteiger partial charge in [0.05, 0.1) is 6.57 Å². The molecule has 3 aromatic rings. The Morgan fingerprint density at radius 1 is 1.05 bits per heavy atom. The maximum atomic E-state index is 7.31. The summed E-state index contributed by atoms with van der Waals surface area (Å²) in [6.07, 6.45) is 1.63. The van der Waals surface area contributed by atoms with Crippen LogP contribution in [0.2, 0.25) is 5.15 Å². The summed E-state index contributed by atoms with van der Waals surface area (Å²) < 4.78 is 0. The van der Waals surface area contributed by atoms with E-state index in [-0.39, 0.29) is 5.15 Å². The van der Waals surface area contributed by atoms with E-state index in [0.717, 1.165) is 22.2 Å². The molecule has 0 atom stereocenters. The lowest BCUT2D eigenvalue weighted by Gasteiger charge is -2.13. The summed E-state index contributed by atoms with van der Waals surface area (Å²) in [6, 6.07) is 14.3. The number of pyridine rings is 1. The molecule has 0 unspecified atom stereocenters. The summed E-state index contributed by atoms with van der Waals surface area (Å²) in [5, 5.41) is 2.54. The summed E-state index contributed by atoms with van der Waals surface area (Å²) in [5.41, 5.74) is 3.34. The zero-order valence-corrected chi connectivity index (χ0v) is 13.1. The number of anilines is 1. The summed E-state index contributed by atoms with van der Waals surface area (Å²) in [4.78, 5) is 9.56. The lowest BCUT2D eigenvalue weighted by atomic mass is 10.0. The van der Waals surface area contributed by atoms with Crippen LogP contribution in [0.25, 0.3) is 26.7 Å². The topological polar surface area (TPSA) is 20.5 Å². The molecule has 0 aliphatic carbocycles. The largest absolute Gasteiger partial charge is 0.378 e. The number of aromatic nitrogens is 1. The van der Waals surface area contributed by atoms with Gasteiger partial charge in [-0.1, -0.05) is 29.8 Å². The molecule has 1 heterocycles. The average Bonchev–Trinajstić information content (AvgIpc) is 2.53. The minimum atomic E-state index is 0.246. The predicted octanol–water partition coefficient (Wildman–Crippen LogP) is 5.17. The number of hydrogen-bond donors (Lipinski definition) is 0. The van der Waals surface area contributed by atoms with Crippen LogP contribution in [0, 0.1) is 6.57 Å². The second-order valence-corrected chi connectivity index (χ2v) is 5.61. The molecule has 2 aromatic carbocycles. The van der Waals surface area contributed by atoms with E-state index < -0.39 is 0 Å². The highest BCUT2D eigenvalue weighted by Crippen LogP contribution is 2.36. The molecule has 0 aliphatic rings. The third-order valence-corrected chi connectivity index (χ3v) is 3.92. The van der Waals surface area contributed by atoms with Gasteiger partial charge in [-0.2, -0.15) is 0 Å². The molecule has 0 spiro atoms. The molecule has 0 fully saturated rings. The van der Waals surface area contributed by atoms with Crippen LogP contribution in [-0.4, -0.2) is 19.1 Å². The molecule has 108 valence electrons. The van der Waals surface area contributed by atoms with E-state index in [4.69, 9.17) is 18.2 Å². The SMILES string of the molecule is [C-]#[N+]c1c(-c2ccc3cc(N(C)C)ccc3c2)ccnc1Cl. The summed E-state index contributed by atoms with van der Waals surface area (Å²) in [7, 11) is 4.05. The van der Waals surface area contributed by atoms with E-state index in [1.165, 1.54) is 5.39 Å². The fourth-order valence-corrected chi connectivity index (χ4v) is 2.65. The summed E-state index contributed by atoms with van der Waals surface area (Å²) >= 11 is 6.02. The highest BCUT2D eigenvalue weighted by molar-refractivity contribution is 6.32. The highest BCUT2D eigenvalue weighted by Gasteiger charge is 2.10. The first-order valence-corrected chi connectivity index (χ1v) is 7.21. The minimum absolute atomic E-state index is 0.246. The first kappa shape index (κ1) is 14.4. The number of nitrogens with zero attached hydrogens (tertiary/aromatic N) is 3. The van der Waals surface area contributed by atoms with E-state index in [1.54, 1.807) is 6.20 Å². The quantitative estimate of drug-likeness (QED) is 0.481. The fourth-order valence-electron chi connectivity index (χ4n) is 2.45. The lowest BCUT2D eigenvalue weighted by Crippen LogP contribution is -2.07. The Hall–Kier alpha value is -2.57. The van der Waals surface area contributed by atoms with Crippen molar-refractivity contribution in [2.75, 3.05) is 19.0 Å². The number of halogens is 1. The van der Waals surface area contributed by atoms with Gasteiger partial charge in [0.25, 0.3) is 0 Å². The van der Waals surface area contributed by atoms with Crippen LogP contribution in [0.15, 0.2) is 48.7 Å². The Balaban J connectivity index is 2.16. The van der Waals surface area contributed by atoms with Crippen LogP contribution in [0.3, 0.4) is 0 Å². The first-order chi connectivity index (χ1) is 10.6. The molecule has 3 rings (SSSR count). The molecule has 0 amide bonds. The molecule has 0 saturated carbocycles. The van der Waals surface area contributed by atoms with Gasteiger partial charge < -0.3 is 4.90 Å². The normalized spacial score (nSPS) is 10.5. The van der Waals surface area contributed by atoms with Crippen molar-refractivity contribution in [3.05, 3.63) is 65.2 Å². The van der Waals surface area contributed by atoms with Gasteiger partial charge in [0, 0.05) is 26.0 Å². The van der Waals surface area contributed by atoms with E-state index >= 15 is 0 Å². The van der Waals surface area contributed by atoms with Crippen molar-refractivity contribution in [2.24, 2.45) is 0 Å². The van der Waals surface area contributed by atoms with Crippen molar-refractivity contribution in [2.45, 2.75) is 0 Å². The lowest BCUT2D eigenvalue weighted by molar-refractivity contribution is 1.14.